The van der Waals surface area contributed by atoms with Gasteiger partial charge in [0, 0.05) is 15.6 Å². The number of halogens is 2. The van der Waals surface area contributed by atoms with E-state index in [1.165, 1.54) is 12.5 Å². The topological polar surface area (TPSA) is 147 Å². The van der Waals surface area contributed by atoms with Crippen molar-refractivity contribution in [3.8, 4) is 5.75 Å². The fourth-order valence-corrected chi connectivity index (χ4v) is 3.85. The quantitative estimate of drug-likeness (QED) is 0.221. The Morgan fingerprint density at radius 3 is 2.71 bits per heavy atom. The molecule has 0 aliphatic rings. The number of nitrogens with zero attached hydrogens (tertiary/aromatic N) is 5. The summed E-state index contributed by atoms with van der Waals surface area (Å²) in [4.78, 5) is 27.8. The van der Waals surface area contributed by atoms with Crippen LogP contribution in [-0.4, -0.2) is 43.4 Å². The number of hydrogen-bond donors (Lipinski definition) is 3. The van der Waals surface area contributed by atoms with E-state index in [1.54, 1.807) is 36.4 Å². The van der Waals surface area contributed by atoms with Gasteiger partial charge in [-0.3, -0.25) is 20.0 Å². The zero-order chi connectivity index (χ0) is 24.6. The first kappa shape index (κ1) is 24.3. The highest BCUT2D eigenvalue weighted by molar-refractivity contribution is 7.15. The highest BCUT2D eigenvalue weighted by Crippen LogP contribution is 2.23. The number of rotatable bonds is 9. The van der Waals surface area contributed by atoms with E-state index in [0.29, 0.717) is 27.4 Å². The summed E-state index contributed by atoms with van der Waals surface area (Å²) in [5.74, 6) is -0.200. The van der Waals surface area contributed by atoms with Crippen molar-refractivity contribution in [2.45, 2.75) is 13.0 Å². The van der Waals surface area contributed by atoms with E-state index in [1.807, 2.05) is 6.07 Å². The number of aromatic nitrogens is 5. The molecule has 35 heavy (non-hydrogen) atoms. The molecule has 178 valence electrons. The van der Waals surface area contributed by atoms with Crippen LogP contribution in [0.15, 0.2) is 53.9 Å². The summed E-state index contributed by atoms with van der Waals surface area (Å²) in [7, 11) is 0. The summed E-state index contributed by atoms with van der Waals surface area (Å²) < 4.78 is 5.74. The number of hydrazone groups is 1. The molecule has 4 aromatic rings. The Morgan fingerprint density at radius 1 is 1.14 bits per heavy atom. The van der Waals surface area contributed by atoms with Gasteiger partial charge < -0.3 is 4.74 Å². The van der Waals surface area contributed by atoms with Crippen molar-refractivity contribution in [2.24, 2.45) is 5.10 Å². The maximum absolute atomic E-state index is 12.1. The Labute approximate surface area is 212 Å². The lowest BCUT2D eigenvalue weighted by Crippen LogP contribution is -2.19. The van der Waals surface area contributed by atoms with Crippen LogP contribution in [0.5, 0.6) is 5.75 Å². The van der Waals surface area contributed by atoms with E-state index in [4.69, 9.17) is 27.9 Å². The van der Waals surface area contributed by atoms with Crippen LogP contribution in [-0.2, 0) is 17.8 Å². The molecule has 0 radical (unpaired) electrons. The summed E-state index contributed by atoms with van der Waals surface area (Å²) in [6.07, 6.45) is 2.67. The molecule has 4 rings (SSSR count). The third-order valence-electron chi connectivity index (χ3n) is 4.32. The van der Waals surface area contributed by atoms with Gasteiger partial charge in [0.05, 0.1) is 12.6 Å². The van der Waals surface area contributed by atoms with Gasteiger partial charge in [0.25, 0.3) is 5.91 Å². The van der Waals surface area contributed by atoms with Gasteiger partial charge in [-0.25, -0.2) is 10.4 Å². The van der Waals surface area contributed by atoms with Crippen molar-refractivity contribution in [1.29, 1.82) is 0 Å². The molecule has 0 atom stereocenters. The number of ether oxygens (including phenoxy) is 1. The van der Waals surface area contributed by atoms with E-state index in [2.05, 4.69) is 41.2 Å². The number of hydrogen-bond acceptors (Lipinski definition) is 9. The maximum Gasteiger partial charge on any atom is 0.294 e. The van der Waals surface area contributed by atoms with E-state index in [-0.39, 0.29) is 23.3 Å². The number of H-pyrrole nitrogens is 1. The van der Waals surface area contributed by atoms with Gasteiger partial charge in [0.15, 0.2) is 0 Å². The van der Waals surface area contributed by atoms with Gasteiger partial charge in [-0.1, -0.05) is 40.6 Å². The molecule has 0 saturated heterocycles. The predicted molar refractivity (Wildman–Crippen MR) is 131 cm³/mol. The standard InChI is InChI=1S/C21H16Cl2N8O3S/c22-14-4-3-13(16(23)7-14)10-34-15-5-1-12(2-6-15)9-25-28-17(32)8-18-29-31-21(35-18)27-20(33)19-24-11-26-30-19/h1-7,9,11H,8,10H2,(H,28,32)(H,24,26,30)(H,27,31,33)/b25-9-. The molecule has 14 heteroatoms. The zero-order valence-electron chi connectivity index (χ0n) is 17.7. The molecule has 3 N–H and O–H groups in total. The molecule has 0 spiro atoms. The fourth-order valence-electron chi connectivity index (χ4n) is 2.65. The van der Waals surface area contributed by atoms with Crippen LogP contribution in [0.2, 0.25) is 10.0 Å². The second-order valence-corrected chi connectivity index (χ2v) is 8.76. The van der Waals surface area contributed by atoms with Crippen molar-refractivity contribution in [3.05, 3.63) is 80.8 Å². The Kier molecular flexibility index (Phi) is 7.98. The highest BCUT2D eigenvalue weighted by atomic mass is 35.5. The first-order chi connectivity index (χ1) is 17.0. The van der Waals surface area contributed by atoms with Crippen LogP contribution in [0.3, 0.4) is 0 Å². The van der Waals surface area contributed by atoms with Crippen molar-refractivity contribution in [2.75, 3.05) is 5.32 Å². The Bertz CT molecular complexity index is 1340. The smallest absolute Gasteiger partial charge is 0.294 e. The molecule has 0 aliphatic heterocycles. The lowest BCUT2D eigenvalue weighted by Gasteiger charge is -2.08. The van der Waals surface area contributed by atoms with Gasteiger partial charge in [0.1, 0.15) is 23.7 Å². The number of amides is 2. The Hall–Kier alpha value is -3.87. The number of anilines is 1. The summed E-state index contributed by atoms with van der Waals surface area (Å²) in [6.45, 7) is 0.302. The Morgan fingerprint density at radius 2 is 1.97 bits per heavy atom. The zero-order valence-corrected chi connectivity index (χ0v) is 20.1. The number of aromatic amines is 1. The monoisotopic (exact) mass is 530 g/mol. The largest absolute Gasteiger partial charge is 0.489 e. The summed E-state index contributed by atoms with van der Waals surface area (Å²) in [5.41, 5.74) is 4.01. The van der Waals surface area contributed by atoms with Gasteiger partial charge in [-0.05, 0) is 42.0 Å². The van der Waals surface area contributed by atoms with Gasteiger partial charge in [0.2, 0.25) is 16.9 Å². The summed E-state index contributed by atoms with van der Waals surface area (Å²) >= 11 is 13.1. The van der Waals surface area contributed by atoms with Crippen LogP contribution in [0.1, 0.15) is 26.8 Å². The minimum absolute atomic E-state index is 0.0411. The van der Waals surface area contributed by atoms with E-state index < -0.39 is 5.91 Å². The SMILES string of the molecule is O=C(Cc1nnc(NC(=O)c2ncn[nH]2)s1)N/N=C\c1ccc(OCc2ccc(Cl)cc2Cl)cc1. The van der Waals surface area contributed by atoms with Crippen LogP contribution >= 0.6 is 34.5 Å². The molecule has 2 heterocycles. The minimum Gasteiger partial charge on any atom is -0.489 e. The molecule has 0 aliphatic carbocycles. The molecule has 11 nitrogen and oxygen atoms in total. The first-order valence-corrected chi connectivity index (χ1v) is 11.5. The molecule has 2 aromatic carbocycles. The number of benzene rings is 2. The van der Waals surface area contributed by atoms with E-state index in [0.717, 1.165) is 22.5 Å². The predicted octanol–water partition coefficient (Wildman–Crippen LogP) is 3.49. The number of carbonyl (C=O) groups is 2. The van der Waals surface area contributed by atoms with Crippen molar-refractivity contribution in [3.63, 3.8) is 0 Å². The van der Waals surface area contributed by atoms with Crippen LogP contribution in [0, 0.1) is 0 Å². The molecular formula is C21H16Cl2N8O3S. The molecular weight excluding hydrogens is 515 g/mol. The average Bonchev–Trinajstić information content (AvgIpc) is 3.52. The van der Waals surface area contributed by atoms with E-state index in [9.17, 15) is 9.59 Å². The van der Waals surface area contributed by atoms with Crippen LogP contribution in [0.25, 0.3) is 0 Å². The third kappa shape index (κ3) is 7.06. The van der Waals surface area contributed by atoms with Gasteiger partial charge in [-0.2, -0.15) is 10.2 Å². The molecule has 2 aromatic heterocycles. The van der Waals surface area contributed by atoms with Gasteiger partial charge in [-0.15, -0.1) is 10.2 Å². The average molecular weight is 531 g/mol. The second-order valence-electron chi connectivity index (χ2n) is 6.85. The molecule has 0 bridgehead atoms. The van der Waals surface area contributed by atoms with Crippen molar-refractivity contribution in [1.82, 2.24) is 30.8 Å². The number of carbonyl (C=O) groups excluding carboxylic acids is 2. The first-order valence-electron chi connectivity index (χ1n) is 9.94. The summed E-state index contributed by atoms with van der Waals surface area (Å²) in [5, 5.41) is 22.0. The minimum atomic E-state index is -0.510. The third-order valence-corrected chi connectivity index (χ3v) is 5.75. The number of nitrogens with one attached hydrogen (secondary N) is 3. The fraction of sp³-hybridized carbons (Fsp3) is 0.0952. The van der Waals surface area contributed by atoms with E-state index >= 15 is 0 Å². The molecule has 0 fully saturated rings. The molecule has 0 saturated carbocycles. The van der Waals surface area contributed by atoms with Crippen LogP contribution < -0.4 is 15.5 Å². The normalized spacial score (nSPS) is 10.9. The van der Waals surface area contributed by atoms with Gasteiger partial charge >= 0.3 is 0 Å². The van der Waals surface area contributed by atoms with Crippen molar-refractivity contribution < 1.29 is 14.3 Å². The highest BCUT2D eigenvalue weighted by Gasteiger charge is 2.14. The lowest BCUT2D eigenvalue weighted by atomic mass is 10.2. The molecule has 0 unspecified atom stereocenters. The Balaban J connectivity index is 1.22. The van der Waals surface area contributed by atoms with Crippen molar-refractivity contribution >= 4 is 57.7 Å². The second kappa shape index (κ2) is 11.5. The maximum atomic E-state index is 12.1. The summed E-state index contributed by atoms with van der Waals surface area (Å²) in [6, 6.07) is 12.4. The molecule has 2 amide bonds. The van der Waals surface area contributed by atoms with Crippen LogP contribution in [0.4, 0.5) is 5.13 Å². The lowest BCUT2D eigenvalue weighted by molar-refractivity contribution is -0.120.